The van der Waals surface area contributed by atoms with Gasteiger partial charge in [-0.15, -0.1) is 0 Å². The minimum atomic E-state index is -0.193. The number of hydrogen-bond donors (Lipinski definition) is 1. The van der Waals surface area contributed by atoms with Crippen LogP contribution in [-0.2, 0) is 9.63 Å². The van der Waals surface area contributed by atoms with Crippen LogP contribution >= 0.6 is 0 Å². The zero-order valence-corrected chi connectivity index (χ0v) is 9.81. The van der Waals surface area contributed by atoms with E-state index >= 15 is 0 Å². The quantitative estimate of drug-likeness (QED) is 0.649. The molecule has 0 bridgehead atoms. The molecule has 1 aromatic heterocycles. The lowest BCUT2D eigenvalue weighted by atomic mass is 10.1. The van der Waals surface area contributed by atoms with E-state index in [0.29, 0.717) is 0 Å². The van der Waals surface area contributed by atoms with Crippen LogP contribution in [0.2, 0.25) is 0 Å². The lowest BCUT2D eigenvalue weighted by Crippen LogP contribution is -2.22. The molecular formula is C13H14N2O2. The first kappa shape index (κ1) is 11.4. The Kier molecular flexibility index (Phi) is 3.25. The van der Waals surface area contributed by atoms with Crippen molar-refractivity contribution in [3.8, 4) is 0 Å². The third-order valence-corrected chi connectivity index (χ3v) is 2.58. The van der Waals surface area contributed by atoms with Crippen LogP contribution < -0.4 is 0 Å². The highest BCUT2D eigenvalue weighted by molar-refractivity contribution is 5.91. The van der Waals surface area contributed by atoms with Gasteiger partial charge in [-0.25, -0.2) is 5.06 Å². The second-order valence-electron chi connectivity index (χ2n) is 3.68. The van der Waals surface area contributed by atoms with Crippen LogP contribution in [-0.4, -0.2) is 30.1 Å². The van der Waals surface area contributed by atoms with E-state index in [2.05, 4.69) is 4.98 Å². The number of aromatic amines is 1. The van der Waals surface area contributed by atoms with Crippen LogP contribution in [0.5, 0.6) is 0 Å². The number of nitrogens with one attached hydrogen (secondary N) is 1. The van der Waals surface area contributed by atoms with Crippen LogP contribution in [0.25, 0.3) is 17.0 Å². The SMILES string of the molecule is CON(C)C(=O)/C=C/c1ccc2[nH]ccc2c1. The maximum absolute atomic E-state index is 11.5. The van der Waals surface area contributed by atoms with Crippen LogP contribution in [0.15, 0.2) is 36.5 Å². The maximum Gasteiger partial charge on any atom is 0.269 e. The maximum atomic E-state index is 11.5. The standard InChI is InChI=1S/C13H14N2O2/c1-15(17-2)13(16)6-4-10-3-5-12-11(9-10)7-8-14-12/h3-9,14H,1-2H3/b6-4+. The van der Waals surface area contributed by atoms with Gasteiger partial charge in [-0.1, -0.05) is 6.07 Å². The third-order valence-electron chi connectivity index (χ3n) is 2.58. The summed E-state index contributed by atoms with van der Waals surface area (Å²) in [6.07, 6.45) is 5.14. The number of benzene rings is 1. The minimum Gasteiger partial charge on any atom is -0.361 e. The van der Waals surface area contributed by atoms with Gasteiger partial charge in [-0.2, -0.15) is 0 Å². The number of amides is 1. The first-order chi connectivity index (χ1) is 8.20. The highest BCUT2D eigenvalue weighted by Crippen LogP contribution is 2.15. The Balaban J connectivity index is 2.17. The van der Waals surface area contributed by atoms with Gasteiger partial charge in [-0.05, 0) is 35.2 Å². The van der Waals surface area contributed by atoms with Gasteiger partial charge in [0.2, 0.25) is 0 Å². The van der Waals surface area contributed by atoms with E-state index in [-0.39, 0.29) is 5.91 Å². The van der Waals surface area contributed by atoms with E-state index in [1.165, 1.54) is 18.2 Å². The summed E-state index contributed by atoms with van der Waals surface area (Å²) in [7, 11) is 3.03. The monoisotopic (exact) mass is 230 g/mol. The predicted octanol–water partition coefficient (Wildman–Crippen LogP) is 2.20. The Hall–Kier alpha value is -2.07. The first-order valence-corrected chi connectivity index (χ1v) is 5.28. The second-order valence-corrected chi connectivity index (χ2v) is 3.68. The van der Waals surface area contributed by atoms with Crippen molar-refractivity contribution >= 4 is 22.9 Å². The number of hydrogen-bond acceptors (Lipinski definition) is 2. The van der Waals surface area contributed by atoms with Crippen LogP contribution in [0.4, 0.5) is 0 Å². The van der Waals surface area contributed by atoms with Crippen molar-refractivity contribution < 1.29 is 9.63 Å². The van der Waals surface area contributed by atoms with E-state index in [0.717, 1.165) is 16.5 Å². The van der Waals surface area contributed by atoms with Crippen molar-refractivity contribution in [3.05, 3.63) is 42.1 Å². The van der Waals surface area contributed by atoms with Gasteiger partial charge in [-0.3, -0.25) is 9.63 Å². The number of rotatable bonds is 3. The Labute approximate surface area is 99.4 Å². The van der Waals surface area contributed by atoms with Crippen molar-refractivity contribution in [3.63, 3.8) is 0 Å². The van der Waals surface area contributed by atoms with Gasteiger partial charge in [0.05, 0.1) is 7.11 Å². The molecule has 0 saturated carbocycles. The van der Waals surface area contributed by atoms with E-state index in [1.807, 2.05) is 30.5 Å². The molecule has 0 atom stereocenters. The molecule has 88 valence electrons. The molecule has 2 rings (SSSR count). The highest BCUT2D eigenvalue weighted by atomic mass is 16.7. The Morgan fingerprint density at radius 2 is 2.24 bits per heavy atom. The van der Waals surface area contributed by atoms with Gasteiger partial charge in [0.15, 0.2) is 0 Å². The largest absolute Gasteiger partial charge is 0.361 e. The number of nitrogens with zero attached hydrogens (tertiary/aromatic N) is 1. The van der Waals surface area contributed by atoms with Crippen LogP contribution in [0.1, 0.15) is 5.56 Å². The van der Waals surface area contributed by atoms with Crippen molar-refractivity contribution in [2.24, 2.45) is 0 Å². The molecule has 1 N–H and O–H groups in total. The molecule has 0 aliphatic carbocycles. The summed E-state index contributed by atoms with van der Waals surface area (Å²) in [6.45, 7) is 0. The molecule has 1 amide bonds. The number of likely N-dealkylation sites (N-methyl/N-ethyl adjacent to an activating group) is 1. The van der Waals surface area contributed by atoms with Crippen molar-refractivity contribution in [2.75, 3.05) is 14.2 Å². The normalized spacial score (nSPS) is 11.2. The molecule has 4 nitrogen and oxygen atoms in total. The Morgan fingerprint density at radius 1 is 1.41 bits per heavy atom. The zero-order chi connectivity index (χ0) is 12.3. The predicted molar refractivity (Wildman–Crippen MR) is 67.1 cm³/mol. The molecule has 0 saturated heterocycles. The number of carbonyl (C=O) groups is 1. The molecule has 17 heavy (non-hydrogen) atoms. The molecule has 0 spiro atoms. The summed E-state index contributed by atoms with van der Waals surface area (Å²) in [5.41, 5.74) is 2.07. The molecule has 1 aromatic carbocycles. The molecule has 0 aliphatic rings. The van der Waals surface area contributed by atoms with E-state index in [1.54, 1.807) is 13.1 Å². The van der Waals surface area contributed by atoms with Crippen molar-refractivity contribution in [1.29, 1.82) is 0 Å². The molecule has 2 aromatic rings. The van der Waals surface area contributed by atoms with Gasteiger partial charge in [0.25, 0.3) is 5.91 Å². The summed E-state index contributed by atoms with van der Waals surface area (Å²) < 4.78 is 0. The van der Waals surface area contributed by atoms with Crippen molar-refractivity contribution in [1.82, 2.24) is 10.0 Å². The molecule has 4 heteroatoms. The fraction of sp³-hybridized carbons (Fsp3) is 0.154. The number of H-pyrrole nitrogens is 1. The number of carbonyl (C=O) groups excluding carboxylic acids is 1. The third kappa shape index (κ3) is 2.54. The van der Waals surface area contributed by atoms with Crippen LogP contribution in [0.3, 0.4) is 0 Å². The number of fused-ring (bicyclic) bond motifs is 1. The van der Waals surface area contributed by atoms with E-state index in [4.69, 9.17) is 4.84 Å². The summed E-state index contributed by atoms with van der Waals surface area (Å²) in [5.74, 6) is -0.193. The Bertz CT molecular complexity index is 557. The summed E-state index contributed by atoms with van der Waals surface area (Å²) in [6, 6.07) is 7.95. The minimum absolute atomic E-state index is 0.193. The smallest absolute Gasteiger partial charge is 0.269 e. The van der Waals surface area contributed by atoms with Gasteiger partial charge >= 0.3 is 0 Å². The van der Waals surface area contributed by atoms with Crippen molar-refractivity contribution in [2.45, 2.75) is 0 Å². The summed E-state index contributed by atoms with van der Waals surface area (Å²) in [5, 5.41) is 2.30. The Morgan fingerprint density at radius 3 is 3.00 bits per heavy atom. The molecule has 0 unspecified atom stereocenters. The average Bonchev–Trinajstić information content (AvgIpc) is 2.82. The average molecular weight is 230 g/mol. The lowest BCUT2D eigenvalue weighted by Gasteiger charge is -2.09. The van der Waals surface area contributed by atoms with Gasteiger partial charge in [0.1, 0.15) is 0 Å². The number of aromatic nitrogens is 1. The molecule has 1 heterocycles. The first-order valence-electron chi connectivity index (χ1n) is 5.28. The van der Waals surface area contributed by atoms with Crippen LogP contribution in [0, 0.1) is 0 Å². The highest BCUT2D eigenvalue weighted by Gasteiger charge is 2.02. The fourth-order valence-corrected chi connectivity index (χ4v) is 1.54. The topological polar surface area (TPSA) is 45.3 Å². The molecular weight excluding hydrogens is 216 g/mol. The summed E-state index contributed by atoms with van der Waals surface area (Å²) >= 11 is 0. The lowest BCUT2D eigenvalue weighted by molar-refractivity contribution is -0.162. The second kappa shape index (κ2) is 4.84. The number of hydroxylamine groups is 2. The molecule has 0 fully saturated rings. The molecule has 0 aliphatic heterocycles. The molecule has 0 radical (unpaired) electrons. The van der Waals surface area contributed by atoms with Gasteiger partial charge < -0.3 is 4.98 Å². The fourth-order valence-electron chi connectivity index (χ4n) is 1.54. The zero-order valence-electron chi connectivity index (χ0n) is 9.81. The van der Waals surface area contributed by atoms with Gasteiger partial charge in [0, 0.05) is 24.8 Å². The summed E-state index contributed by atoms with van der Waals surface area (Å²) in [4.78, 5) is 19.4. The van der Waals surface area contributed by atoms with E-state index < -0.39 is 0 Å². The van der Waals surface area contributed by atoms with E-state index in [9.17, 15) is 4.79 Å².